The molecule has 0 aliphatic carbocycles. The number of quaternary nitrogens is 1. The molecule has 0 atom stereocenters. The van der Waals surface area contributed by atoms with Crippen molar-refractivity contribution in [3.05, 3.63) is 0 Å². The van der Waals surface area contributed by atoms with Gasteiger partial charge >= 0.3 is 12.4 Å². The molecule has 0 aromatic heterocycles. The Morgan fingerprint density at radius 3 is 1.18 bits per heavy atom. The number of alkyl halides is 6. The standard InChI is InChI=1S/C4H5F6N/c5-3(6,7)1-11-2-4(8,9)10/h11H,1-2H2/p+1. The summed E-state index contributed by atoms with van der Waals surface area (Å²) in [6.07, 6.45) is -9.07. The van der Waals surface area contributed by atoms with E-state index in [0.29, 0.717) is 0 Å². The van der Waals surface area contributed by atoms with E-state index in [4.69, 9.17) is 0 Å². The molecule has 0 fully saturated rings. The number of hydrogen-bond donors (Lipinski definition) is 1. The van der Waals surface area contributed by atoms with Gasteiger partial charge in [0.05, 0.1) is 0 Å². The molecule has 1 nitrogen and oxygen atoms in total. The predicted molar refractivity (Wildman–Crippen MR) is 23.8 cm³/mol. The van der Waals surface area contributed by atoms with Gasteiger partial charge in [-0.15, -0.1) is 0 Å². The molecule has 2 N–H and O–H groups in total. The van der Waals surface area contributed by atoms with Crippen LogP contribution in [-0.4, -0.2) is 25.4 Å². The van der Waals surface area contributed by atoms with E-state index in [1.807, 2.05) is 0 Å². The summed E-state index contributed by atoms with van der Waals surface area (Å²) in [5, 5.41) is 0.167. The van der Waals surface area contributed by atoms with Crippen molar-refractivity contribution in [1.29, 1.82) is 0 Å². The number of nitrogens with two attached hydrogens (primary N) is 1. The maximum absolute atomic E-state index is 11.2. The zero-order valence-corrected chi connectivity index (χ0v) is 5.26. The first-order chi connectivity index (χ1) is 4.71. The topological polar surface area (TPSA) is 16.6 Å². The molecule has 0 spiro atoms. The Hall–Kier alpha value is -0.460. The maximum atomic E-state index is 11.2. The molecule has 0 aromatic carbocycles. The Labute approximate surface area is 58.4 Å². The molecule has 0 aromatic rings. The second-order valence-electron chi connectivity index (χ2n) is 1.93. The molecule has 0 heterocycles. The molecule has 7 heteroatoms. The van der Waals surface area contributed by atoms with Gasteiger partial charge in [0.15, 0.2) is 13.1 Å². The number of halogens is 6. The number of hydrogen-bond acceptors (Lipinski definition) is 0. The van der Waals surface area contributed by atoms with Crippen molar-refractivity contribution in [2.45, 2.75) is 12.4 Å². The third-order valence-electron chi connectivity index (χ3n) is 0.752. The van der Waals surface area contributed by atoms with Crippen molar-refractivity contribution in [2.24, 2.45) is 0 Å². The van der Waals surface area contributed by atoms with Crippen molar-refractivity contribution >= 4 is 0 Å². The molecular weight excluding hydrogens is 176 g/mol. The first-order valence-electron chi connectivity index (χ1n) is 2.66. The van der Waals surface area contributed by atoms with Crippen LogP contribution in [0.2, 0.25) is 0 Å². The first kappa shape index (κ1) is 10.5. The Kier molecular flexibility index (Phi) is 3.15. The highest BCUT2D eigenvalue weighted by atomic mass is 19.4. The van der Waals surface area contributed by atoms with Crippen molar-refractivity contribution in [3.63, 3.8) is 0 Å². The third kappa shape index (κ3) is 9.54. The quantitative estimate of drug-likeness (QED) is 0.604. The Bertz CT molecular complexity index is 98.7. The SMILES string of the molecule is FC(F)(F)C[NH2+]CC(F)(F)F. The molecule has 68 valence electrons. The first-order valence-corrected chi connectivity index (χ1v) is 2.66. The Balaban J connectivity index is 3.44. The van der Waals surface area contributed by atoms with Crippen LogP contribution in [0, 0.1) is 0 Å². The largest absolute Gasteiger partial charge is 0.438 e. The van der Waals surface area contributed by atoms with Crippen LogP contribution in [0.15, 0.2) is 0 Å². The zero-order valence-electron chi connectivity index (χ0n) is 5.26. The van der Waals surface area contributed by atoms with Gasteiger partial charge in [-0.05, 0) is 0 Å². The van der Waals surface area contributed by atoms with Crippen LogP contribution < -0.4 is 5.32 Å². The summed E-state index contributed by atoms with van der Waals surface area (Å²) in [4.78, 5) is 0. The Morgan fingerprint density at radius 2 is 1.00 bits per heavy atom. The van der Waals surface area contributed by atoms with Crippen LogP contribution in [0.4, 0.5) is 26.3 Å². The van der Waals surface area contributed by atoms with E-state index in [9.17, 15) is 26.3 Å². The predicted octanol–water partition coefficient (Wildman–Crippen LogP) is 0.674. The highest BCUT2D eigenvalue weighted by Crippen LogP contribution is 2.12. The van der Waals surface area contributed by atoms with Crippen LogP contribution in [-0.2, 0) is 0 Å². The molecule has 0 aliphatic heterocycles. The van der Waals surface area contributed by atoms with E-state index < -0.39 is 25.4 Å². The molecule has 0 rings (SSSR count). The van der Waals surface area contributed by atoms with E-state index in [1.165, 1.54) is 0 Å². The zero-order chi connectivity index (χ0) is 9.12. The van der Waals surface area contributed by atoms with E-state index in [-0.39, 0.29) is 5.32 Å². The van der Waals surface area contributed by atoms with Crippen LogP contribution in [0.5, 0.6) is 0 Å². The summed E-state index contributed by atoms with van der Waals surface area (Å²) in [5.41, 5.74) is 0. The normalized spacial score (nSPS) is 13.6. The third-order valence-corrected chi connectivity index (χ3v) is 0.752. The highest BCUT2D eigenvalue weighted by molar-refractivity contribution is 4.45. The fourth-order valence-electron chi connectivity index (χ4n) is 0.399. The van der Waals surface area contributed by atoms with Gasteiger partial charge in [0.1, 0.15) is 0 Å². The van der Waals surface area contributed by atoms with Crippen molar-refractivity contribution in [3.8, 4) is 0 Å². The summed E-state index contributed by atoms with van der Waals surface area (Å²) in [5.74, 6) is 0. The summed E-state index contributed by atoms with van der Waals surface area (Å²) in [7, 11) is 0. The van der Waals surface area contributed by atoms with E-state index in [1.54, 1.807) is 0 Å². The minimum Gasteiger partial charge on any atom is -0.331 e. The lowest BCUT2D eigenvalue weighted by Gasteiger charge is -2.06. The van der Waals surface area contributed by atoms with Gasteiger partial charge in [-0.1, -0.05) is 0 Å². The monoisotopic (exact) mass is 182 g/mol. The van der Waals surface area contributed by atoms with Crippen molar-refractivity contribution in [1.82, 2.24) is 0 Å². The fraction of sp³-hybridized carbons (Fsp3) is 1.00. The molecule has 0 saturated heterocycles. The summed E-state index contributed by atoms with van der Waals surface area (Å²) >= 11 is 0. The van der Waals surface area contributed by atoms with Gasteiger partial charge in [-0.3, -0.25) is 0 Å². The van der Waals surface area contributed by atoms with Gasteiger partial charge in [-0.25, -0.2) is 0 Å². The van der Waals surface area contributed by atoms with E-state index in [2.05, 4.69) is 0 Å². The van der Waals surface area contributed by atoms with Crippen LogP contribution >= 0.6 is 0 Å². The van der Waals surface area contributed by atoms with Crippen LogP contribution in [0.1, 0.15) is 0 Å². The minimum absolute atomic E-state index is 0.167. The molecule has 0 unspecified atom stereocenters. The van der Waals surface area contributed by atoms with Gasteiger partial charge in [-0.2, -0.15) is 26.3 Å². The lowest BCUT2D eigenvalue weighted by Crippen LogP contribution is -2.89. The van der Waals surface area contributed by atoms with Crippen LogP contribution in [0.3, 0.4) is 0 Å². The van der Waals surface area contributed by atoms with Crippen molar-refractivity contribution < 1.29 is 31.7 Å². The molecule has 0 aliphatic rings. The van der Waals surface area contributed by atoms with E-state index in [0.717, 1.165) is 0 Å². The smallest absolute Gasteiger partial charge is 0.331 e. The summed E-state index contributed by atoms with van der Waals surface area (Å²) < 4.78 is 67.4. The van der Waals surface area contributed by atoms with Crippen LogP contribution in [0.25, 0.3) is 0 Å². The fourth-order valence-corrected chi connectivity index (χ4v) is 0.399. The average Bonchev–Trinajstić information content (AvgIpc) is 1.55. The van der Waals surface area contributed by atoms with Gasteiger partial charge in [0, 0.05) is 0 Å². The molecule has 0 bridgehead atoms. The van der Waals surface area contributed by atoms with Gasteiger partial charge in [0.25, 0.3) is 0 Å². The molecule has 11 heavy (non-hydrogen) atoms. The second-order valence-corrected chi connectivity index (χ2v) is 1.93. The number of rotatable bonds is 2. The molecule has 0 saturated carbocycles. The highest BCUT2D eigenvalue weighted by Gasteiger charge is 2.35. The Morgan fingerprint density at radius 1 is 0.727 bits per heavy atom. The minimum atomic E-state index is -4.54. The lowest BCUT2D eigenvalue weighted by atomic mass is 10.5. The van der Waals surface area contributed by atoms with Gasteiger partial charge < -0.3 is 5.32 Å². The van der Waals surface area contributed by atoms with Gasteiger partial charge in [0.2, 0.25) is 0 Å². The molecule has 0 radical (unpaired) electrons. The molecular formula is C4H6F6N+. The van der Waals surface area contributed by atoms with E-state index >= 15 is 0 Å². The summed E-state index contributed by atoms with van der Waals surface area (Å²) in [6, 6.07) is 0. The second kappa shape index (κ2) is 3.29. The maximum Gasteiger partial charge on any atom is 0.438 e. The lowest BCUT2D eigenvalue weighted by molar-refractivity contribution is -0.694. The van der Waals surface area contributed by atoms with Crippen molar-refractivity contribution in [2.75, 3.05) is 13.1 Å². The average molecular weight is 182 g/mol. The molecule has 0 amide bonds. The summed E-state index contributed by atoms with van der Waals surface area (Å²) in [6.45, 7) is -2.99.